The predicted octanol–water partition coefficient (Wildman–Crippen LogP) is 5.92. The van der Waals surface area contributed by atoms with E-state index in [1.807, 2.05) is 48.7 Å². The van der Waals surface area contributed by atoms with E-state index in [9.17, 15) is 19.2 Å². The van der Waals surface area contributed by atoms with Gasteiger partial charge in [0.1, 0.15) is 6.10 Å². The summed E-state index contributed by atoms with van der Waals surface area (Å²) < 4.78 is 6.00. The molecule has 2 aliphatic rings. The van der Waals surface area contributed by atoms with Crippen LogP contribution >= 0.6 is 33.3 Å². The Morgan fingerprint density at radius 3 is 2.33 bits per heavy atom. The number of rotatable bonds is 13. The number of benzodiazepines with no additional fused rings is 1. The van der Waals surface area contributed by atoms with Gasteiger partial charge in [-0.2, -0.15) is 11.8 Å². The van der Waals surface area contributed by atoms with Gasteiger partial charge in [-0.1, -0.05) is 97.3 Å². The molecule has 3 amide bonds. The van der Waals surface area contributed by atoms with Crippen molar-refractivity contribution in [3.63, 3.8) is 0 Å². The van der Waals surface area contributed by atoms with Crippen molar-refractivity contribution in [2.24, 2.45) is 10.7 Å². The molecule has 1 heterocycles. The highest BCUT2D eigenvalue weighted by atomic mass is 33.1. The number of hydrazine groups is 1. The highest BCUT2D eigenvalue weighted by Gasteiger charge is 2.44. The van der Waals surface area contributed by atoms with Crippen LogP contribution in [0.1, 0.15) is 77.3 Å². The quantitative estimate of drug-likeness (QED) is 0.198. The molecule has 2 N–H and O–H groups in total. The number of hydrogen-bond donors (Lipinski definition) is 1. The zero-order chi connectivity index (χ0) is 35.7. The van der Waals surface area contributed by atoms with Gasteiger partial charge in [0.15, 0.2) is 6.04 Å². The zero-order valence-corrected chi connectivity index (χ0v) is 31.7. The summed E-state index contributed by atoms with van der Waals surface area (Å²) in [5.41, 5.74) is 8.55. The normalized spacial score (nSPS) is 18.1. The average molecular weight is 728 g/mol. The molecule has 49 heavy (non-hydrogen) atoms. The lowest BCUT2D eigenvalue weighted by atomic mass is 9.98. The van der Waals surface area contributed by atoms with Gasteiger partial charge < -0.3 is 15.4 Å². The molecule has 2 unspecified atom stereocenters. The van der Waals surface area contributed by atoms with E-state index in [4.69, 9.17) is 15.5 Å². The van der Waals surface area contributed by atoms with Crippen molar-refractivity contribution in [3.8, 4) is 0 Å². The van der Waals surface area contributed by atoms with Crippen molar-refractivity contribution in [3.05, 3.63) is 65.7 Å². The van der Waals surface area contributed by atoms with Gasteiger partial charge in [-0.25, -0.2) is 19.8 Å². The van der Waals surface area contributed by atoms with E-state index in [1.165, 1.54) is 51.4 Å². The first-order valence-electron chi connectivity index (χ1n) is 16.7. The predicted molar refractivity (Wildman–Crippen MR) is 203 cm³/mol. The highest BCUT2D eigenvalue weighted by molar-refractivity contribution is 8.77. The maximum absolute atomic E-state index is 15.0. The number of nitrogens with zero attached hydrogens (tertiary/aromatic N) is 4. The maximum Gasteiger partial charge on any atom is 0.331 e. The second kappa shape index (κ2) is 17.8. The molecule has 13 heteroatoms. The standard InChI is InChI=1S/C36H49N5O5S3/c1-24(42)40(30(21-22-47-6)35(45)46-26-17-11-8-12-18-26)41-29-20-14-13-19-27(29)31(25-15-9-7-10-16-25)38-32(34(41)44)39(5)33(43)28(37)23-48-49-36(2,3)4/h7,9-10,13-16,19-20,26,28,30,32H,8,11-12,17-18,21-23,37H2,1-6H3/t28?,30-,32?/m0/s1. The second-order valence-corrected chi connectivity index (χ2v) is 17.4. The lowest BCUT2D eigenvalue weighted by molar-refractivity contribution is -0.162. The highest BCUT2D eigenvalue weighted by Crippen LogP contribution is 2.36. The SMILES string of the molecule is CSCC[C@@H](C(=O)OC1CCCCC1)N(C(C)=O)N1C(=O)C(N(C)C(=O)C(N)CSSC(C)(C)C)N=C(c2ccccc2)c2ccccc21. The molecular weight excluding hydrogens is 679 g/mol. The Hall–Kier alpha value is -3.00. The molecule has 2 aromatic rings. The molecule has 10 nitrogen and oxygen atoms in total. The Bertz CT molecular complexity index is 1500. The number of amides is 3. The van der Waals surface area contributed by atoms with Crippen LogP contribution in [0.4, 0.5) is 5.69 Å². The van der Waals surface area contributed by atoms with Crippen molar-refractivity contribution >= 4 is 68.4 Å². The fourth-order valence-corrected chi connectivity index (χ4v) is 8.74. The molecule has 2 aromatic carbocycles. The van der Waals surface area contributed by atoms with Crippen molar-refractivity contribution in [2.75, 3.05) is 29.8 Å². The van der Waals surface area contributed by atoms with Gasteiger partial charge in [-0.3, -0.25) is 14.4 Å². The number of carbonyl (C=O) groups excluding carboxylic acids is 4. The van der Waals surface area contributed by atoms with Crippen molar-refractivity contribution in [2.45, 2.75) is 95.3 Å². The van der Waals surface area contributed by atoms with Gasteiger partial charge in [0.2, 0.25) is 18.0 Å². The maximum atomic E-state index is 15.0. The van der Waals surface area contributed by atoms with Gasteiger partial charge in [-0.15, -0.1) is 0 Å². The molecule has 0 radical (unpaired) electrons. The molecule has 0 aromatic heterocycles. The number of hydrogen-bond acceptors (Lipinski definition) is 10. The van der Waals surface area contributed by atoms with Crippen molar-refractivity contribution < 1.29 is 23.9 Å². The van der Waals surface area contributed by atoms with Gasteiger partial charge in [-0.05, 0) is 50.2 Å². The number of fused-ring (bicyclic) bond motifs is 1. The minimum absolute atomic E-state index is 0.0289. The molecule has 1 fully saturated rings. The van der Waals surface area contributed by atoms with Crippen LogP contribution < -0.4 is 10.7 Å². The number of carbonyl (C=O) groups is 4. The summed E-state index contributed by atoms with van der Waals surface area (Å²) in [6.07, 6.45) is 5.13. The van der Waals surface area contributed by atoms with E-state index in [0.717, 1.165) is 37.7 Å². The number of anilines is 1. The summed E-state index contributed by atoms with van der Waals surface area (Å²) in [5.74, 6) is -1.32. The fraction of sp³-hybridized carbons (Fsp3) is 0.528. The molecule has 1 aliphatic carbocycles. The fourth-order valence-electron chi connectivity index (χ4n) is 5.87. The monoisotopic (exact) mass is 727 g/mol. The van der Waals surface area contributed by atoms with Gasteiger partial charge in [0.05, 0.1) is 17.4 Å². The molecule has 266 valence electrons. The summed E-state index contributed by atoms with van der Waals surface area (Å²) >= 11 is 1.54. The molecule has 0 bridgehead atoms. The van der Waals surface area contributed by atoms with E-state index >= 15 is 0 Å². The molecule has 1 aliphatic heterocycles. The van der Waals surface area contributed by atoms with Crippen LogP contribution in [0.15, 0.2) is 59.6 Å². The number of para-hydroxylation sites is 1. The van der Waals surface area contributed by atoms with E-state index in [-0.39, 0.29) is 17.3 Å². The lowest BCUT2D eigenvalue weighted by Crippen LogP contribution is -2.62. The Morgan fingerprint density at radius 2 is 1.69 bits per heavy atom. The first-order chi connectivity index (χ1) is 23.3. The van der Waals surface area contributed by atoms with Gasteiger partial charge >= 0.3 is 5.97 Å². The van der Waals surface area contributed by atoms with E-state index in [2.05, 4.69) is 20.8 Å². The minimum atomic E-state index is -1.39. The van der Waals surface area contributed by atoms with Gasteiger partial charge in [0.25, 0.3) is 5.91 Å². The summed E-state index contributed by atoms with van der Waals surface area (Å²) in [7, 11) is 4.63. The van der Waals surface area contributed by atoms with Crippen LogP contribution in [0.3, 0.4) is 0 Å². The van der Waals surface area contributed by atoms with Crippen LogP contribution in [0.2, 0.25) is 0 Å². The molecule has 4 rings (SSSR count). The first-order valence-corrected chi connectivity index (χ1v) is 20.4. The van der Waals surface area contributed by atoms with Crippen molar-refractivity contribution in [1.29, 1.82) is 0 Å². The molecule has 1 saturated carbocycles. The van der Waals surface area contributed by atoms with Crippen LogP contribution in [-0.2, 0) is 23.9 Å². The average Bonchev–Trinajstić information content (AvgIpc) is 3.20. The van der Waals surface area contributed by atoms with E-state index < -0.39 is 41.9 Å². The van der Waals surface area contributed by atoms with E-state index in [0.29, 0.717) is 28.5 Å². The zero-order valence-electron chi connectivity index (χ0n) is 29.3. The summed E-state index contributed by atoms with van der Waals surface area (Å²) in [6, 6.07) is 14.6. The Balaban J connectivity index is 1.82. The lowest BCUT2D eigenvalue weighted by Gasteiger charge is -2.40. The van der Waals surface area contributed by atoms with Crippen LogP contribution in [0.25, 0.3) is 0 Å². The number of ether oxygens (including phenoxy) is 1. The number of nitrogens with two attached hydrogens (primary N) is 1. The Kier molecular flexibility index (Phi) is 14.1. The first kappa shape index (κ1) is 38.8. The third kappa shape index (κ3) is 10.0. The number of aliphatic imine (C=N–C) groups is 1. The second-order valence-electron chi connectivity index (χ2n) is 13.3. The Labute approximate surface area is 302 Å². The van der Waals surface area contributed by atoms with Crippen molar-refractivity contribution in [1.82, 2.24) is 9.91 Å². The molecule has 0 saturated heterocycles. The number of esters is 1. The topological polar surface area (TPSA) is 126 Å². The summed E-state index contributed by atoms with van der Waals surface area (Å²) in [5, 5.41) is 2.46. The van der Waals surface area contributed by atoms with Gasteiger partial charge in [0, 0.05) is 35.6 Å². The number of thioether (sulfide) groups is 1. The largest absolute Gasteiger partial charge is 0.461 e. The van der Waals surface area contributed by atoms with E-state index in [1.54, 1.807) is 22.9 Å². The Morgan fingerprint density at radius 1 is 1.04 bits per heavy atom. The third-order valence-corrected chi connectivity index (χ3v) is 12.3. The number of likely N-dealkylation sites (N-methyl/N-ethyl adjacent to an activating group) is 1. The molecular formula is C36H49N5O5S3. The van der Waals surface area contributed by atoms with Crippen LogP contribution in [0.5, 0.6) is 0 Å². The number of benzene rings is 2. The summed E-state index contributed by atoms with van der Waals surface area (Å²) in [4.78, 5) is 62.8. The van der Waals surface area contributed by atoms with Crippen LogP contribution in [0, 0.1) is 0 Å². The smallest absolute Gasteiger partial charge is 0.331 e. The third-order valence-electron chi connectivity index (χ3n) is 8.24. The molecule has 0 spiro atoms. The summed E-state index contributed by atoms with van der Waals surface area (Å²) in [6.45, 7) is 7.58. The minimum Gasteiger partial charge on any atom is -0.461 e. The van der Waals surface area contributed by atoms with Crippen LogP contribution in [-0.4, -0.2) is 93.2 Å². The molecule has 3 atom stereocenters.